The Labute approximate surface area is 135 Å². The monoisotopic (exact) mass is 327 g/mol. The minimum atomic E-state index is 0.569. The Bertz CT molecular complexity index is 653. The summed E-state index contributed by atoms with van der Waals surface area (Å²) in [6.45, 7) is 4.57. The molecule has 21 heavy (non-hydrogen) atoms. The van der Waals surface area contributed by atoms with E-state index in [1.165, 1.54) is 0 Å². The van der Waals surface area contributed by atoms with Crippen molar-refractivity contribution in [1.82, 2.24) is 9.78 Å². The number of aryl methyl sites for hydroxylation is 3. The molecule has 0 aliphatic carbocycles. The number of halogens is 2. The maximum absolute atomic E-state index is 6.35. The van der Waals surface area contributed by atoms with Crippen molar-refractivity contribution >= 4 is 28.9 Å². The second-order valence-electron chi connectivity index (χ2n) is 4.84. The van der Waals surface area contributed by atoms with Gasteiger partial charge in [-0.2, -0.15) is 5.10 Å². The van der Waals surface area contributed by atoms with Crippen LogP contribution < -0.4 is 10.1 Å². The van der Waals surface area contributed by atoms with Crippen LogP contribution in [-0.2, 0) is 20.0 Å². The van der Waals surface area contributed by atoms with E-state index in [9.17, 15) is 0 Å². The molecule has 0 bridgehead atoms. The number of aromatic nitrogens is 2. The third-order valence-corrected chi connectivity index (χ3v) is 4.27. The number of hydrogen-bond donors (Lipinski definition) is 1. The molecule has 0 fully saturated rings. The average Bonchev–Trinajstić information content (AvgIpc) is 2.74. The zero-order valence-electron chi connectivity index (χ0n) is 12.6. The average molecular weight is 328 g/mol. The molecule has 1 N–H and O–H groups in total. The zero-order chi connectivity index (χ0) is 15.6. The zero-order valence-corrected chi connectivity index (χ0v) is 14.1. The van der Waals surface area contributed by atoms with Gasteiger partial charge in [0.1, 0.15) is 5.75 Å². The van der Waals surface area contributed by atoms with Crippen molar-refractivity contribution in [2.24, 2.45) is 7.05 Å². The normalized spacial score (nSPS) is 10.8. The Hall–Kier alpha value is -1.39. The minimum absolute atomic E-state index is 0.569. The van der Waals surface area contributed by atoms with Crippen LogP contribution in [0.5, 0.6) is 5.75 Å². The van der Waals surface area contributed by atoms with Crippen molar-refractivity contribution in [3.05, 3.63) is 39.1 Å². The van der Waals surface area contributed by atoms with E-state index in [1.54, 1.807) is 7.11 Å². The number of hydrogen-bond acceptors (Lipinski definition) is 3. The van der Waals surface area contributed by atoms with E-state index in [0.717, 1.165) is 34.1 Å². The predicted octanol–water partition coefficient (Wildman–Crippen LogP) is 4.22. The van der Waals surface area contributed by atoms with Gasteiger partial charge in [0.2, 0.25) is 0 Å². The second-order valence-corrected chi connectivity index (χ2v) is 5.62. The molecular weight excluding hydrogens is 309 g/mol. The van der Waals surface area contributed by atoms with Crippen molar-refractivity contribution in [1.29, 1.82) is 0 Å². The number of ether oxygens (including phenoxy) is 1. The summed E-state index contributed by atoms with van der Waals surface area (Å²) in [5.41, 5.74) is 3.73. The van der Waals surface area contributed by atoms with Gasteiger partial charge in [0.25, 0.3) is 0 Å². The van der Waals surface area contributed by atoms with E-state index >= 15 is 0 Å². The number of benzene rings is 1. The van der Waals surface area contributed by atoms with Crippen molar-refractivity contribution in [3.63, 3.8) is 0 Å². The Kier molecular flexibility index (Phi) is 5.01. The molecule has 1 aromatic heterocycles. The van der Waals surface area contributed by atoms with Crippen molar-refractivity contribution in [2.75, 3.05) is 12.4 Å². The van der Waals surface area contributed by atoms with Crippen LogP contribution in [0.2, 0.25) is 10.0 Å². The fourth-order valence-corrected chi connectivity index (χ4v) is 2.68. The van der Waals surface area contributed by atoms with E-state index < -0.39 is 0 Å². The molecule has 6 heteroatoms. The summed E-state index contributed by atoms with van der Waals surface area (Å²) >= 11 is 12.5. The summed E-state index contributed by atoms with van der Waals surface area (Å²) in [5.74, 6) is 0.708. The highest BCUT2D eigenvalue weighted by molar-refractivity contribution is 6.32. The quantitative estimate of drug-likeness (QED) is 0.893. The van der Waals surface area contributed by atoms with Gasteiger partial charge in [-0.3, -0.25) is 4.68 Å². The Balaban J connectivity index is 2.24. The molecule has 0 spiro atoms. The van der Waals surface area contributed by atoms with E-state index in [0.29, 0.717) is 17.3 Å². The molecule has 0 radical (unpaired) electrons. The van der Waals surface area contributed by atoms with Gasteiger partial charge in [0.15, 0.2) is 0 Å². The molecule has 0 amide bonds. The minimum Gasteiger partial charge on any atom is -0.495 e. The van der Waals surface area contributed by atoms with Crippen LogP contribution in [0.15, 0.2) is 12.1 Å². The summed E-state index contributed by atoms with van der Waals surface area (Å²) in [6.07, 6.45) is 0.816. The van der Waals surface area contributed by atoms with Crippen LogP contribution in [0.25, 0.3) is 0 Å². The SMILES string of the molecule is CCc1nn(C)c(CNc2cc(C)c(Cl)cc2OC)c1Cl. The number of nitrogens with zero attached hydrogens (tertiary/aromatic N) is 2. The first kappa shape index (κ1) is 16.0. The van der Waals surface area contributed by atoms with E-state index in [1.807, 2.05) is 37.7 Å². The molecule has 0 saturated heterocycles. The third-order valence-electron chi connectivity index (χ3n) is 3.43. The van der Waals surface area contributed by atoms with Gasteiger partial charge in [0.05, 0.1) is 35.8 Å². The summed E-state index contributed by atoms with van der Waals surface area (Å²) in [5, 5.41) is 9.15. The van der Waals surface area contributed by atoms with Crippen molar-refractivity contribution in [2.45, 2.75) is 26.8 Å². The maximum atomic E-state index is 6.35. The Morgan fingerprint density at radius 2 is 2.05 bits per heavy atom. The van der Waals surface area contributed by atoms with Crippen molar-refractivity contribution < 1.29 is 4.74 Å². The number of nitrogens with one attached hydrogen (secondary N) is 1. The van der Waals surface area contributed by atoms with Crippen LogP contribution in [0.3, 0.4) is 0 Å². The highest BCUT2D eigenvalue weighted by atomic mass is 35.5. The Morgan fingerprint density at radius 3 is 2.62 bits per heavy atom. The van der Waals surface area contributed by atoms with Crippen molar-refractivity contribution in [3.8, 4) is 5.75 Å². The van der Waals surface area contributed by atoms with Gasteiger partial charge in [-0.15, -0.1) is 0 Å². The standard InChI is InChI=1S/C15H19Cl2N3O/c1-5-11-15(17)13(20(3)19-11)8-18-12-6-9(2)10(16)7-14(12)21-4/h6-7,18H,5,8H2,1-4H3. The number of anilines is 1. The highest BCUT2D eigenvalue weighted by Crippen LogP contribution is 2.32. The van der Waals surface area contributed by atoms with Gasteiger partial charge in [-0.05, 0) is 25.0 Å². The lowest BCUT2D eigenvalue weighted by Gasteiger charge is -2.13. The molecule has 4 nitrogen and oxygen atoms in total. The van der Waals surface area contributed by atoms with Crippen LogP contribution >= 0.6 is 23.2 Å². The molecule has 0 saturated carbocycles. The molecule has 0 aliphatic heterocycles. The van der Waals surface area contributed by atoms with Crippen LogP contribution in [0, 0.1) is 6.92 Å². The first-order valence-corrected chi connectivity index (χ1v) is 7.51. The maximum Gasteiger partial charge on any atom is 0.143 e. The summed E-state index contributed by atoms with van der Waals surface area (Å²) in [4.78, 5) is 0. The van der Waals surface area contributed by atoms with Gasteiger partial charge in [-0.25, -0.2) is 0 Å². The molecule has 1 heterocycles. The fraction of sp³-hybridized carbons (Fsp3) is 0.400. The van der Waals surface area contributed by atoms with Crippen LogP contribution in [0.1, 0.15) is 23.9 Å². The highest BCUT2D eigenvalue weighted by Gasteiger charge is 2.14. The summed E-state index contributed by atoms with van der Waals surface area (Å²) < 4.78 is 7.16. The number of rotatable bonds is 5. The van der Waals surface area contributed by atoms with Gasteiger partial charge >= 0.3 is 0 Å². The van der Waals surface area contributed by atoms with Crippen LogP contribution in [-0.4, -0.2) is 16.9 Å². The first-order chi connectivity index (χ1) is 9.97. The lowest BCUT2D eigenvalue weighted by molar-refractivity contribution is 0.416. The fourth-order valence-electron chi connectivity index (χ4n) is 2.16. The lowest BCUT2D eigenvalue weighted by Crippen LogP contribution is -2.07. The molecule has 114 valence electrons. The summed E-state index contributed by atoms with van der Waals surface area (Å²) in [6, 6.07) is 3.77. The first-order valence-electron chi connectivity index (χ1n) is 6.76. The number of methoxy groups -OCH3 is 1. The molecular formula is C15H19Cl2N3O. The molecule has 1 aromatic carbocycles. The smallest absolute Gasteiger partial charge is 0.143 e. The van der Waals surface area contributed by atoms with Gasteiger partial charge in [-0.1, -0.05) is 30.1 Å². The predicted molar refractivity (Wildman–Crippen MR) is 87.7 cm³/mol. The molecule has 2 aromatic rings. The Morgan fingerprint density at radius 1 is 1.33 bits per heavy atom. The molecule has 2 rings (SSSR count). The largest absolute Gasteiger partial charge is 0.495 e. The summed E-state index contributed by atoms with van der Waals surface area (Å²) in [7, 11) is 3.52. The third kappa shape index (κ3) is 3.27. The van der Waals surface area contributed by atoms with E-state index in [4.69, 9.17) is 27.9 Å². The lowest BCUT2D eigenvalue weighted by atomic mass is 10.2. The van der Waals surface area contributed by atoms with Gasteiger partial charge < -0.3 is 10.1 Å². The van der Waals surface area contributed by atoms with Gasteiger partial charge in [0, 0.05) is 18.1 Å². The molecule has 0 unspecified atom stereocenters. The molecule has 0 aliphatic rings. The van der Waals surface area contributed by atoms with Crippen LogP contribution in [0.4, 0.5) is 5.69 Å². The van der Waals surface area contributed by atoms with E-state index in [2.05, 4.69) is 10.4 Å². The van der Waals surface area contributed by atoms with E-state index in [-0.39, 0.29) is 0 Å². The second kappa shape index (κ2) is 6.58. The topological polar surface area (TPSA) is 39.1 Å². The molecule has 0 atom stereocenters.